The molecule has 1 unspecified atom stereocenters. The van der Waals surface area contributed by atoms with Crippen molar-refractivity contribution in [2.75, 3.05) is 11.9 Å². The highest BCUT2D eigenvalue weighted by atomic mass is 32.2. The number of aliphatic hydroxyl groups is 1. The number of rotatable bonds is 9. The van der Waals surface area contributed by atoms with Crippen molar-refractivity contribution in [3.63, 3.8) is 0 Å². The van der Waals surface area contributed by atoms with Crippen LogP contribution >= 0.6 is 11.3 Å². The van der Waals surface area contributed by atoms with E-state index >= 15 is 0 Å². The van der Waals surface area contributed by atoms with Crippen molar-refractivity contribution in [2.45, 2.75) is 61.7 Å². The van der Waals surface area contributed by atoms with Crippen molar-refractivity contribution in [1.29, 1.82) is 0 Å². The van der Waals surface area contributed by atoms with Gasteiger partial charge >= 0.3 is 5.97 Å². The van der Waals surface area contributed by atoms with Gasteiger partial charge in [-0.15, -0.1) is 11.3 Å². The summed E-state index contributed by atoms with van der Waals surface area (Å²) in [5.41, 5.74) is 1.42. The summed E-state index contributed by atoms with van der Waals surface area (Å²) in [6, 6.07) is 6.52. The molecule has 2 fully saturated rings. The molecule has 1 heterocycles. The van der Waals surface area contributed by atoms with Crippen molar-refractivity contribution in [2.24, 2.45) is 5.92 Å². The van der Waals surface area contributed by atoms with Crippen molar-refractivity contribution in [3.8, 4) is 0 Å². The minimum Gasteiger partial charge on any atom is -0.463 e. The zero-order valence-corrected chi connectivity index (χ0v) is 20.5. The van der Waals surface area contributed by atoms with Gasteiger partial charge in [-0.2, -0.15) is 0 Å². The van der Waals surface area contributed by atoms with Gasteiger partial charge in [-0.1, -0.05) is 31.1 Å². The van der Waals surface area contributed by atoms with Crippen LogP contribution < -0.4 is 5.32 Å². The fourth-order valence-corrected chi connectivity index (χ4v) is 6.41. The average Bonchev–Trinajstić information content (AvgIpc) is 3.37. The Balaban J connectivity index is 1.52. The molecule has 8 nitrogen and oxygen atoms in total. The van der Waals surface area contributed by atoms with Gasteiger partial charge in [0.1, 0.15) is 12.7 Å². The second-order valence-corrected chi connectivity index (χ2v) is 11.8. The summed E-state index contributed by atoms with van der Waals surface area (Å²) in [6.07, 6.45) is 6.53. The van der Waals surface area contributed by atoms with Crippen LogP contribution in [0.4, 0.5) is 5.13 Å². The van der Waals surface area contributed by atoms with E-state index in [0.717, 1.165) is 37.0 Å². The van der Waals surface area contributed by atoms with E-state index in [-0.39, 0.29) is 28.6 Å². The number of aromatic nitrogens is 1. The molecule has 0 aliphatic heterocycles. The first-order valence-electron chi connectivity index (χ1n) is 11.4. The van der Waals surface area contributed by atoms with Crippen LogP contribution in [0.1, 0.15) is 62.8 Å². The molecule has 0 radical (unpaired) electrons. The van der Waals surface area contributed by atoms with Crippen molar-refractivity contribution in [3.05, 3.63) is 47.0 Å². The normalized spacial score (nSPS) is 18.0. The van der Waals surface area contributed by atoms with E-state index < -0.39 is 21.9 Å². The number of hydrogen-bond donors (Lipinski definition) is 2. The summed E-state index contributed by atoms with van der Waals surface area (Å²) in [5, 5.41) is 14.5. The van der Waals surface area contributed by atoms with Gasteiger partial charge in [-0.05, 0) is 49.3 Å². The molecule has 10 heteroatoms. The lowest BCUT2D eigenvalue weighted by Crippen LogP contribution is -2.15. The van der Waals surface area contributed by atoms with Crippen molar-refractivity contribution >= 4 is 43.8 Å². The van der Waals surface area contributed by atoms with Crippen molar-refractivity contribution in [1.82, 2.24) is 4.98 Å². The Kier molecular flexibility index (Phi) is 7.49. The van der Waals surface area contributed by atoms with E-state index in [4.69, 9.17) is 4.74 Å². The van der Waals surface area contributed by atoms with Gasteiger partial charge in [0.2, 0.25) is 0 Å². The van der Waals surface area contributed by atoms with Gasteiger partial charge in [-0.3, -0.25) is 14.9 Å². The number of allylic oxidation sites excluding steroid dienone is 1. The Morgan fingerprint density at radius 3 is 2.50 bits per heavy atom. The molecule has 0 spiro atoms. The van der Waals surface area contributed by atoms with E-state index in [1.165, 1.54) is 6.92 Å². The first kappa shape index (κ1) is 24.6. The largest absolute Gasteiger partial charge is 0.463 e. The topological polar surface area (TPSA) is 123 Å². The molecule has 2 saturated carbocycles. The number of nitrogens with one attached hydrogen (secondary N) is 1. The molecule has 2 aliphatic rings. The third-order valence-electron chi connectivity index (χ3n) is 6.03. The zero-order valence-electron chi connectivity index (χ0n) is 18.9. The highest BCUT2D eigenvalue weighted by molar-refractivity contribution is 7.92. The van der Waals surface area contributed by atoms with E-state index in [1.807, 2.05) is 6.08 Å². The lowest BCUT2D eigenvalue weighted by Gasteiger charge is -2.12. The minimum atomic E-state index is -3.30. The zero-order chi connectivity index (χ0) is 24.3. The van der Waals surface area contributed by atoms with Crippen LogP contribution in [0.15, 0.2) is 40.6 Å². The molecule has 0 saturated heterocycles. The maximum atomic E-state index is 13.2. The summed E-state index contributed by atoms with van der Waals surface area (Å²) in [5.74, 6) is -0.562. The van der Waals surface area contributed by atoms with Gasteiger partial charge < -0.3 is 9.84 Å². The molecule has 2 N–H and O–H groups in total. The second kappa shape index (κ2) is 10.4. The molecular weight excluding hydrogens is 476 g/mol. The average molecular weight is 505 g/mol. The molecule has 34 heavy (non-hydrogen) atoms. The Morgan fingerprint density at radius 2 is 1.88 bits per heavy atom. The molecule has 1 aromatic heterocycles. The fourth-order valence-electron chi connectivity index (χ4n) is 4.00. The second-order valence-electron chi connectivity index (χ2n) is 8.74. The molecule has 182 valence electrons. The standard InChI is InChI=1S/C24H28N2O6S2/c1-15(27)32-13-22(28)21-14-33-24(25-21)26-23(29)20(12-16-4-2-3-5-16)17-6-8-18(9-7-17)34(30,31)19-10-11-19/h6-9,12,14,16,19,22,28H,2-5,10-11,13H2,1H3,(H,25,26,29). The minimum absolute atomic E-state index is 0.213. The van der Waals surface area contributed by atoms with Gasteiger partial charge in [0.25, 0.3) is 5.91 Å². The number of esters is 1. The molecule has 2 aliphatic carbocycles. The van der Waals surface area contributed by atoms with Crippen LogP contribution in [-0.2, 0) is 24.2 Å². The number of benzene rings is 1. The number of amides is 1. The lowest BCUT2D eigenvalue weighted by molar-refractivity contribution is -0.144. The summed E-state index contributed by atoms with van der Waals surface area (Å²) in [7, 11) is -3.30. The maximum Gasteiger partial charge on any atom is 0.302 e. The monoisotopic (exact) mass is 504 g/mol. The quantitative estimate of drug-likeness (QED) is 0.392. The Morgan fingerprint density at radius 1 is 1.21 bits per heavy atom. The molecule has 1 aromatic carbocycles. The number of anilines is 1. The highest BCUT2D eigenvalue weighted by Crippen LogP contribution is 2.35. The van der Waals surface area contributed by atoms with Gasteiger partial charge in [0, 0.05) is 17.9 Å². The molecular formula is C24H28N2O6S2. The highest BCUT2D eigenvalue weighted by Gasteiger charge is 2.36. The number of carbonyl (C=O) groups excluding carboxylic acids is 2. The van der Waals surface area contributed by atoms with Crippen LogP contribution in [-0.4, -0.2) is 42.2 Å². The van der Waals surface area contributed by atoms with E-state index in [9.17, 15) is 23.1 Å². The SMILES string of the molecule is CC(=O)OCC(O)c1csc(NC(=O)C(=CC2CCCC2)c2ccc(S(=O)(=O)C3CC3)cc2)n1. The van der Waals surface area contributed by atoms with E-state index in [1.54, 1.807) is 29.6 Å². The molecule has 0 bridgehead atoms. The number of nitrogens with zero attached hydrogens (tertiary/aromatic N) is 1. The van der Waals surface area contributed by atoms with Gasteiger partial charge in [0.05, 0.1) is 15.8 Å². The first-order valence-corrected chi connectivity index (χ1v) is 13.8. The summed E-state index contributed by atoms with van der Waals surface area (Å²) >= 11 is 1.16. The third kappa shape index (κ3) is 5.92. The number of carbonyl (C=O) groups is 2. The molecule has 4 rings (SSSR count). The van der Waals surface area contributed by atoms with Crippen molar-refractivity contribution < 1.29 is 27.9 Å². The van der Waals surface area contributed by atoms with Crippen LogP contribution in [0.5, 0.6) is 0 Å². The Labute approximate surface area is 203 Å². The van der Waals surface area contributed by atoms with E-state index in [2.05, 4.69) is 10.3 Å². The summed E-state index contributed by atoms with van der Waals surface area (Å²) < 4.78 is 29.9. The van der Waals surface area contributed by atoms with Crippen LogP contribution in [0, 0.1) is 5.92 Å². The van der Waals surface area contributed by atoms with Gasteiger partial charge in [-0.25, -0.2) is 13.4 Å². The van der Waals surface area contributed by atoms with E-state index in [0.29, 0.717) is 34.8 Å². The maximum absolute atomic E-state index is 13.2. The predicted molar refractivity (Wildman–Crippen MR) is 129 cm³/mol. The number of hydrogen-bond acceptors (Lipinski definition) is 8. The Hall–Kier alpha value is -2.56. The Bertz CT molecular complexity index is 1180. The summed E-state index contributed by atoms with van der Waals surface area (Å²) in [4.78, 5) is 28.7. The van der Waals surface area contributed by atoms with Crippen LogP contribution in [0.3, 0.4) is 0 Å². The van der Waals surface area contributed by atoms with Gasteiger partial charge in [0.15, 0.2) is 15.0 Å². The number of aliphatic hydroxyl groups excluding tert-OH is 1. The summed E-state index contributed by atoms with van der Waals surface area (Å²) in [6.45, 7) is 1.04. The number of thiazole rings is 1. The number of sulfone groups is 1. The van der Waals surface area contributed by atoms with Crippen LogP contribution in [0.2, 0.25) is 0 Å². The first-order chi connectivity index (χ1) is 16.2. The predicted octanol–water partition coefficient (Wildman–Crippen LogP) is 3.89. The lowest BCUT2D eigenvalue weighted by atomic mass is 9.98. The number of ether oxygens (including phenoxy) is 1. The molecule has 2 aromatic rings. The molecule has 1 amide bonds. The smallest absolute Gasteiger partial charge is 0.302 e. The molecule has 1 atom stereocenters. The fraction of sp³-hybridized carbons (Fsp3) is 0.458. The van der Waals surface area contributed by atoms with Crippen LogP contribution in [0.25, 0.3) is 5.57 Å². The third-order valence-corrected chi connectivity index (χ3v) is 9.09.